The molecule has 1 aromatic heterocycles. The molecular weight excluding hydrogens is 344 g/mol. The number of furan rings is 1. The topological polar surface area (TPSA) is 95.4 Å². The summed E-state index contributed by atoms with van der Waals surface area (Å²) in [6.45, 7) is 1.44. The third kappa shape index (κ3) is 4.16. The summed E-state index contributed by atoms with van der Waals surface area (Å²) in [5.74, 6) is -0.0686. The minimum absolute atomic E-state index is 0.0236. The van der Waals surface area contributed by atoms with Gasteiger partial charge in [-0.25, -0.2) is 0 Å². The van der Waals surface area contributed by atoms with Gasteiger partial charge in [-0.05, 0) is 29.8 Å². The SMILES string of the molecule is O=C(Cc1ccc(NC(=O)c2cc3ccccc3o2)cc1)NC1CNNC1. The second-order valence-electron chi connectivity index (χ2n) is 6.50. The van der Waals surface area contributed by atoms with Crippen LogP contribution in [0.1, 0.15) is 16.1 Å². The van der Waals surface area contributed by atoms with Crippen LogP contribution in [0.15, 0.2) is 59.0 Å². The van der Waals surface area contributed by atoms with E-state index in [4.69, 9.17) is 4.42 Å². The summed E-state index contributed by atoms with van der Waals surface area (Å²) < 4.78 is 5.57. The van der Waals surface area contributed by atoms with E-state index in [-0.39, 0.29) is 23.6 Å². The van der Waals surface area contributed by atoms with Crippen molar-refractivity contribution in [2.24, 2.45) is 0 Å². The quantitative estimate of drug-likeness (QED) is 0.554. The predicted octanol–water partition coefficient (Wildman–Crippen LogP) is 1.82. The summed E-state index contributed by atoms with van der Waals surface area (Å²) in [5, 5.41) is 6.66. The van der Waals surface area contributed by atoms with Crippen molar-refractivity contribution < 1.29 is 14.0 Å². The van der Waals surface area contributed by atoms with E-state index in [1.165, 1.54) is 0 Å². The second kappa shape index (κ2) is 7.61. The van der Waals surface area contributed by atoms with Gasteiger partial charge < -0.3 is 15.1 Å². The fourth-order valence-corrected chi connectivity index (χ4v) is 3.02. The fourth-order valence-electron chi connectivity index (χ4n) is 3.02. The van der Waals surface area contributed by atoms with Crippen LogP contribution in [-0.2, 0) is 11.2 Å². The summed E-state index contributed by atoms with van der Waals surface area (Å²) in [6.07, 6.45) is 0.300. The highest BCUT2D eigenvalue weighted by Gasteiger charge is 2.16. The standard InChI is InChI=1S/C20H20N4O3/c25-19(23-16-11-21-22-12-16)9-13-5-7-15(8-6-13)24-20(26)18-10-14-3-1-2-4-17(14)27-18/h1-8,10,16,21-22H,9,11-12H2,(H,23,25)(H,24,26). The molecule has 0 spiro atoms. The van der Waals surface area contributed by atoms with Gasteiger partial charge in [-0.3, -0.25) is 20.4 Å². The number of carbonyl (C=O) groups excluding carboxylic acids is 2. The summed E-state index contributed by atoms with van der Waals surface area (Å²) in [4.78, 5) is 24.4. The molecule has 0 unspecified atom stereocenters. The molecule has 1 aliphatic rings. The Bertz CT molecular complexity index is 926. The summed E-state index contributed by atoms with van der Waals surface area (Å²) in [6, 6.07) is 16.5. The van der Waals surface area contributed by atoms with Crippen LogP contribution in [0.25, 0.3) is 11.0 Å². The summed E-state index contributed by atoms with van der Waals surface area (Å²) in [7, 11) is 0. The molecule has 2 aromatic carbocycles. The van der Waals surface area contributed by atoms with E-state index in [1.807, 2.05) is 36.4 Å². The van der Waals surface area contributed by atoms with Crippen LogP contribution < -0.4 is 21.5 Å². The molecule has 4 N–H and O–H groups in total. The molecule has 2 amide bonds. The maximum Gasteiger partial charge on any atom is 0.291 e. The lowest BCUT2D eigenvalue weighted by Gasteiger charge is -2.10. The Morgan fingerprint density at radius 1 is 1.04 bits per heavy atom. The van der Waals surface area contributed by atoms with E-state index >= 15 is 0 Å². The zero-order valence-corrected chi connectivity index (χ0v) is 14.6. The lowest BCUT2D eigenvalue weighted by atomic mass is 10.1. The van der Waals surface area contributed by atoms with E-state index < -0.39 is 0 Å². The Morgan fingerprint density at radius 2 is 1.78 bits per heavy atom. The van der Waals surface area contributed by atoms with Crippen LogP contribution in [-0.4, -0.2) is 30.9 Å². The van der Waals surface area contributed by atoms with Crippen molar-refractivity contribution in [2.75, 3.05) is 18.4 Å². The Balaban J connectivity index is 1.35. The third-order valence-corrected chi connectivity index (χ3v) is 4.41. The Labute approximate surface area is 156 Å². The number of hydrazine groups is 1. The lowest BCUT2D eigenvalue weighted by Crippen LogP contribution is -2.39. The van der Waals surface area contributed by atoms with Gasteiger partial charge in [-0.15, -0.1) is 0 Å². The smallest absolute Gasteiger partial charge is 0.291 e. The van der Waals surface area contributed by atoms with Crippen molar-refractivity contribution in [2.45, 2.75) is 12.5 Å². The Kier molecular flexibility index (Phi) is 4.86. The van der Waals surface area contributed by atoms with Gasteiger partial charge in [-0.2, -0.15) is 0 Å². The molecule has 2 heterocycles. The molecule has 0 radical (unpaired) electrons. The van der Waals surface area contributed by atoms with Crippen molar-refractivity contribution in [3.05, 3.63) is 65.9 Å². The molecule has 7 nitrogen and oxygen atoms in total. The normalized spacial score (nSPS) is 14.4. The van der Waals surface area contributed by atoms with E-state index in [1.54, 1.807) is 18.2 Å². The molecule has 1 fully saturated rings. The monoisotopic (exact) mass is 364 g/mol. The largest absolute Gasteiger partial charge is 0.451 e. The lowest BCUT2D eigenvalue weighted by molar-refractivity contribution is -0.120. The van der Waals surface area contributed by atoms with Crippen molar-refractivity contribution in [1.82, 2.24) is 16.2 Å². The number of hydrogen-bond acceptors (Lipinski definition) is 5. The first-order valence-corrected chi connectivity index (χ1v) is 8.81. The molecule has 0 aliphatic carbocycles. The first-order valence-electron chi connectivity index (χ1n) is 8.81. The molecule has 0 bridgehead atoms. The van der Waals surface area contributed by atoms with Gasteiger partial charge in [0, 0.05) is 24.2 Å². The summed E-state index contributed by atoms with van der Waals surface area (Å²) in [5.41, 5.74) is 8.16. The van der Waals surface area contributed by atoms with Crippen LogP contribution >= 0.6 is 0 Å². The number of rotatable bonds is 5. The zero-order chi connectivity index (χ0) is 18.6. The molecular formula is C20H20N4O3. The molecule has 4 rings (SSSR count). The number of benzene rings is 2. The van der Waals surface area contributed by atoms with Gasteiger partial charge >= 0.3 is 0 Å². The van der Waals surface area contributed by atoms with Gasteiger partial charge in [0.2, 0.25) is 5.91 Å². The van der Waals surface area contributed by atoms with Crippen molar-refractivity contribution in [3.63, 3.8) is 0 Å². The number of amides is 2. The first kappa shape index (κ1) is 17.3. The number of carbonyl (C=O) groups is 2. The van der Waals surface area contributed by atoms with E-state index in [0.717, 1.165) is 24.0 Å². The van der Waals surface area contributed by atoms with Crippen LogP contribution in [0.2, 0.25) is 0 Å². The van der Waals surface area contributed by atoms with E-state index in [2.05, 4.69) is 21.5 Å². The molecule has 0 atom stereocenters. The van der Waals surface area contributed by atoms with Crippen molar-refractivity contribution in [3.8, 4) is 0 Å². The maximum absolute atomic E-state index is 12.4. The maximum atomic E-state index is 12.4. The van der Waals surface area contributed by atoms with Crippen molar-refractivity contribution in [1.29, 1.82) is 0 Å². The highest BCUT2D eigenvalue weighted by molar-refractivity contribution is 6.04. The van der Waals surface area contributed by atoms with Crippen LogP contribution in [0.3, 0.4) is 0 Å². The second-order valence-corrected chi connectivity index (χ2v) is 6.50. The summed E-state index contributed by atoms with van der Waals surface area (Å²) >= 11 is 0. The minimum Gasteiger partial charge on any atom is -0.451 e. The fraction of sp³-hybridized carbons (Fsp3) is 0.200. The molecule has 3 aromatic rings. The Hall–Kier alpha value is -3.16. The first-order chi connectivity index (χ1) is 13.2. The zero-order valence-electron chi connectivity index (χ0n) is 14.6. The number of hydrogen-bond donors (Lipinski definition) is 4. The average molecular weight is 364 g/mol. The van der Waals surface area contributed by atoms with Gasteiger partial charge in [0.15, 0.2) is 5.76 Å². The van der Waals surface area contributed by atoms with Crippen molar-refractivity contribution >= 4 is 28.5 Å². The molecule has 138 valence electrons. The van der Waals surface area contributed by atoms with Gasteiger partial charge in [-0.1, -0.05) is 30.3 Å². The molecule has 0 saturated carbocycles. The third-order valence-electron chi connectivity index (χ3n) is 4.41. The number of para-hydroxylation sites is 1. The van der Waals surface area contributed by atoms with Gasteiger partial charge in [0.25, 0.3) is 5.91 Å². The van der Waals surface area contributed by atoms with E-state index in [0.29, 0.717) is 17.7 Å². The molecule has 1 saturated heterocycles. The van der Waals surface area contributed by atoms with Gasteiger partial charge in [0.1, 0.15) is 5.58 Å². The number of nitrogens with one attached hydrogen (secondary N) is 4. The highest BCUT2D eigenvalue weighted by atomic mass is 16.3. The van der Waals surface area contributed by atoms with Gasteiger partial charge in [0.05, 0.1) is 12.5 Å². The molecule has 7 heteroatoms. The predicted molar refractivity (Wildman–Crippen MR) is 102 cm³/mol. The van der Waals surface area contributed by atoms with Crippen LogP contribution in [0.5, 0.6) is 0 Å². The number of anilines is 1. The molecule has 27 heavy (non-hydrogen) atoms. The highest BCUT2D eigenvalue weighted by Crippen LogP contribution is 2.20. The Morgan fingerprint density at radius 3 is 2.52 bits per heavy atom. The van der Waals surface area contributed by atoms with E-state index in [9.17, 15) is 9.59 Å². The average Bonchev–Trinajstić information content (AvgIpc) is 3.32. The van der Waals surface area contributed by atoms with Crippen LogP contribution in [0, 0.1) is 0 Å². The number of fused-ring (bicyclic) bond motifs is 1. The van der Waals surface area contributed by atoms with Crippen LogP contribution in [0.4, 0.5) is 5.69 Å². The minimum atomic E-state index is -0.307. The molecule has 1 aliphatic heterocycles.